The summed E-state index contributed by atoms with van der Waals surface area (Å²) < 4.78 is 0. The monoisotopic (exact) mass is 219 g/mol. The van der Waals surface area contributed by atoms with E-state index in [1.807, 2.05) is 6.07 Å². The van der Waals surface area contributed by atoms with Crippen LogP contribution in [-0.4, -0.2) is 5.91 Å². The van der Waals surface area contributed by atoms with Gasteiger partial charge in [0.15, 0.2) is 0 Å². The Hall–Kier alpha value is -2.04. The van der Waals surface area contributed by atoms with Crippen LogP contribution in [-0.2, 0) is 4.79 Å². The Kier molecular flexibility index (Phi) is 3.68. The molecule has 0 unspecified atom stereocenters. The second-order valence-electron chi connectivity index (χ2n) is 2.66. The zero-order valence-electron chi connectivity index (χ0n) is 7.62. The maximum Gasteiger partial charge on any atom is 0.238 e. The first-order chi connectivity index (χ1) is 7.19. The molecule has 0 saturated heterocycles. The molecule has 1 aromatic carbocycles. The Morgan fingerprint density at radius 1 is 1.47 bits per heavy atom. The molecule has 0 aliphatic rings. The molecule has 0 aliphatic heterocycles. The van der Waals surface area contributed by atoms with Crippen molar-refractivity contribution in [1.29, 1.82) is 10.5 Å². The Labute approximate surface area is 91.7 Å². The molecule has 0 spiro atoms. The van der Waals surface area contributed by atoms with Crippen LogP contribution >= 0.6 is 11.6 Å². The maximum absolute atomic E-state index is 11.1. The minimum atomic E-state index is -0.462. The number of amides is 1. The summed E-state index contributed by atoms with van der Waals surface area (Å²) in [7, 11) is 0. The fourth-order valence-corrected chi connectivity index (χ4v) is 1.22. The van der Waals surface area contributed by atoms with Gasteiger partial charge in [-0.3, -0.25) is 4.79 Å². The molecule has 5 heteroatoms. The van der Waals surface area contributed by atoms with Crippen molar-refractivity contribution in [3.63, 3.8) is 0 Å². The van der Waals surface area contributed by atoms with Crippen LogP contribution in [0.3, 0.4) is 0 Å². The fraction of sp³-hybridized carbons (Fsp3) is 0.100. The molecule has 0 fully saturated rings. The fourth-order valence-electron chi connectivity index (χ4n) is 1.01. The summed E-state index contributed by atoms with van der Waals surface area (Å²) in [6, 6.07) is 8.32. The molecular weight excluding hydrogens is 214 g/mol. The second kappa shape index (κ2) is 4.99. The Balaban J connectivity index is 2.97. The van der Waals surface area contributed by atoms with Crippen LogP contribution < -0.4 is 5.32 Å². The van der Waals surface area contributed by atoms with Gasteiger partial charge < -0.3 is 5.32 Å². The van der Waals surface area contributed by atoms with E-state index in [1.54, 1.807) is 24.3 Å². The van der Waals surface area contributed by atoms with Crippen molar-refractivity contribution in [3.8, 4) is 12.1 Å². The Bertz CT molecular complexity index is 471. The van der Waals surface area contributed by atoms with Gasteiger partial charge in [-0.15, -0.1) is 0 Å². The highest BCUT2D eigenvalue weighted by Gasteiger charge is 2.08. The van der Waals surface area contributed by atoms with Crippen molar-refractivity contribution < 1.29 is 4.79 Å². The number of rotatable bonds is 2. The summed E-state index contributed by atoms with van der Waals surface area (Å²) in [6.07, 6.45) is -0.253. The molecule has 4 nitrogen and oxygen atoms in total. The van der Waals surface area contributed by atoms with Crippen LogP contribution in [0.1, 0.15) is 12.0 Å². The van der Waals surface area contributed by atoms with Gasteiger partial charge in [-0.1, -0.05) is 17.7 Å². The minimum absolute atomic E-state index is 0.199. The van der Waals surface area contributed by atoms with Crippen molar-refractivity contribution in [2.45, 2.75) is 6.42 Å². The molecule has 0 aromatic heterocycles. The first kappa shape index (κ1) is 11.0. The number of halogens is 1. The summed E-state index contributed by atoms with van der Waals surface area (Å²) in [4.78, 5) is 11.1. The third-order valence-corrected chi connectivity index (χ3v) is 1.95. The van der Waals surface area contributed by atoms with Crippen LogP contribution in [0.5, 0.6) is 0 Å². The number of nitriles is 2. The predicted octanol–water partition coefficient (Wildman–Crippen LogP) is 2.06. The number of anilines is 1. The van der Waals surface area contributed by atoms with Crippen molar-refractivity contribution in [2.75, 3.05) is 5.32 Å². The van der Waals surface area contributed by atoms with Crippen molar-refractivity contribution in [2.24, 2.45) is 0 Å². The zero-order chi connectivity index (χ0) is 11.3. The van der Waals surface area contributed by atoms with Gasteiger partial charge >= 0.3 is 0 Å². The molecule has 74 valence electrons. The van der Waals surface area contributed by atoms with Gasteiger partial charge in [-0.2, -0.15) is 10.5 Å². The van der Waals surface area contributed by atoms with Gasteiger partial charge in [0.25, 0.3) is 0 Å². The van der Waals surface area contributed by atoms with Crippen molar-refractivity contribution >= 4 is 23.2 Å². The average molecular weight is 220 g/mol. The van der Waals surface area contributed by atoms with E-state index in [0.29, 0.717) is 5.69 Å². The van der Waals surface area contributed by atoms with Crippen LogP contribution in [0, 0.1) is 22.7 Å². The van der Waals surface area contributed by atoms with Crippen molar-refractivity contribution in [3.05, 3.63) is 28.8 Å². The van der Waals surface area contributed by atoms with Gasteiger partial charge in [0.05, 0.1) is 22.3 Å². The van der Waals surface area contributed by atoms with E-state index in [9.17, 15) is 4.79 Å². The quantitative estimate of drug-likeness (QED) is 0.827. The molecular formula is C10H6ClN3O. The van der Waals surface area contributed by atoms with E-state index in [4.69, 9.17) is 22.1 Å². The Morgan fingerprint density at radius 2 is 2.20 bits per heavy atom. The van der Waals surface area contributed by atoms with Crippen molar-refractivity contribution in [1.82, 2.24) is 0 Å². The molecule has 0 radical (unpaired) electrons. The van der Waals surface area contributed by atoms with Gasteiger partial charge in [0.2, 0.25) is 5.91 Å². The number of benzene rings is 1. The highest BCUT2D eigenvalue weighted by Crippen LogP contribution is 2.23. The lowest BCUT2D eigenvalue weighted by atomic mass is 10.2. The Morgan fingerprint density at radius 3 is 2.80 bits per heavy atom. The van der Waals surface area contributed by atoms with Crippen LogP contribution in [0.25, 0.3) is 0 Å². The second-order valence-corrected chi connectivity index (χ2v) is 3.06. The lowest BCUT2D eigenvalue weighted by Crippen LogP contribution is -2.11. The van der Waals surface area contributed by atoms with Gasteiger partial charge in [0, 0.05) is 0 Å². The number of nitrogens with zero attached hydrogens (tertiary/aromatic N) is 2. The standard InChI is InChI=1S/C10H6ClN3O/c11-8-2-1-3-9(7(8)6-13)14-10(15)4-5-12/h1-3H,4H2,(H,14,15). The van der Waals surface area contributed by atoms with E-state index >= 15 is 0 Å². The number of carbonyl (C=O) groups excluding carboxylic acids is 1. The summed E-state index contributed by atoms with van der Waals surface area (Å²) >= 11 is 5.75. The van der Waals surface area contributed by atoms with E-state index < -0.39 is 5.91 Å². The zero-order valence-corrected chi connectivity index (χ0v) is 8.38. The molecule has 1 aromatic rings. The van der Waals surface area contributed by atoms with Crippen LogP contribution in [0.4, 0.5) is 5.69 Å². The maximum atomic E-state index is 11.1. The molecule has 0 saturated carbocycles. The van der Waals surface area contributed by atoms with Gasteiger partial charge in [-0.25, -0.2) is 0 Å². The highest BCUT2D eigenvalue weighted by molar-refractivity contribution is 6.32. The predicted molar refractivity (Wildman–Crippen MR) is 55.0 cm³/mol. The van der Waals surface area contributed by atoms with E-state index in [0.717, 1.165) is 0 Å². The topological polar surface area (TPSA) is 76.7 Å². The third-order valence-electron chi connectivity index (χ3n) is 1.64. The van der Waals surface area contributed by atoms with Gasteiger partial charge in [-0.05, 0) is 12.1 Å². The molecule has 15 heavy (non-hydrogen) atoms. The summed E-state index contributed by atoms with van der Waals surface area (Å²) in [6.45, 7) is 0. The molecule has 0 atom stereocenters. The third kappa shape index (κ3) is 2.70. The molecule has 0 aliphatic carbocycles. The lowest BCUT2D eigenvalue weighted by Gasteiger charge is -2.05. The molecule has 1 rings (SSSR count). The molecule has 1 amide bonds. The first-order valence-corrected chi connectivity index (χ1v) is 4.42. The minimum Gasteiger partial charge on any atom is -0.324 e. The summed E-state index contributed by atoms with van der Waals surface area (Å²) in [5.41, 5.74) is 0.524. The number of nitrogens with one attached hydrogen (secondary N) is 1. The summed E-state index contributed by atoms with van der Waals surface area (Å²) in [5.74, 6) is -0.462. The number of carbonyl (C=O) groups is 1. The molecule has 1 N–H and O–H groups in total. The largest absolute Gasteiger partial charge is 0.324 e. The normalized spacial score (nSPS) is 8.73. The van der Waals surface area contributed by atoms with E-state index in [1.165, 1.54) is 0 Å². The molecule has 0 heterocycles. The first-order valence-electron chi connectivity index (χ1n) is 4.04. The van der Waals surface area contributed by atoms with Crippen LogP contribution in [0.2, 0.25) is 5.02 Å². The highest BCUT2D eigenvalue weighted by atomic mass is 35.5. The SMILES string of the molecule is N#CCC(=O)Nc1cccc(Cl)c1C#N. The van der Waals surface area contributed by atoms with Crippen LogP contribution in [0.15, 0.2) is 18.2 Å². The smallest absolute Gasteiger partial charge is 0.238 e. The molecule has 0 bridgehead atoms. The van der Waals surface area contributed by atoms with E-state index in [2.05, 4.69) is 5.32 Å². The summed E-state index contributed by atoms with van der Waals surface area (Å²) in [5, 5.41) is 19.8. The van der Waals surface area contributed by atoms with E-state index in [-0.39, 0.29) is 17.0 Å². The van der Waals surface area contributed by atoms with Gasteiger partial charge in [0.1, 0.15) is 12.5 Å². The number of hydrogen-bond donors (Lipinski definition) is 1. The number of hydrogen-bond acceptors (Lipinski definition) is 3. The average Bonchev–Trinajstić information content (AvgIpc) is 2.18. The lowest BCUT2D eigenvalue weighted by molar-refractivity contribution is -0.115.